The second-order valence-electron chi connectivity index (χ2n) is 9.13. The van der Waals surface area contributed by atoms with E-state index in [2.05, 4.69) is 33.8 Å². The maximum Gasteiger partial charge on any atom is 0.383 e. The van der Waals surface area contributed by atoms with Crippen LogP contribution in [0, 0.1) is 0 Å². The number of hydrogen-bond donors (Lipinski definition) is 0. The van der Waals surface area contributed by atoms with Gasteiger partial charge in [0.15, 0.2) is 17.1 Å². The van der Waals surface area contributed by atoms with Crippen LogP contribution < -0.4 is 19.8 Å². The van der Waals surface area contributed by atoms with E-state index in [1.807, 2.05) is 18.2 Å². The first-order valence-corrected chi connectivity index (χ1v) is 13.0. The summed E-state index contributed by atoms with van der Waals surface area (Å²) in [4.78, 5) is 25.8. The van der Waals surface area contributed by atoms with Crippen molar-refractivity contribution < 1.29 is 23.4 Å². The van der Waals surface area contributed by atoms with Crippen LogP contribution in [-0.2, 0) is 0 Å². The number of benzene rings is 2. The lowest BCUT2D eigenvalue weighted by molar-refractivity contribution is 0.0721. The molecule has 0 aliphatic carbocycles. The summed E-state index contributed by atoms with van der Waals surface area (Å²) in [7, 11) is 0. The Bertz CT molecular complexity index is 1360. The van der Waals surface area contributed by atoms with Gasteiger partial charge in [0.2, 0.25) is 0 Å². The summed E-state index contributed by atoms with van der Waals surface area (Å²) < 4.78 is 23.1. The minimum atomic E-state index is -0.814. The van der Waals surface area contributed by atoms with Crippen molar-refractivity contribution in [3.8, 4) is 17.2 Å². The van der Waals surface area contributed by atoms with E-state index in [0.29, 0.717) is 36.3 Å². The monoisotopic (exact) mass is 516 g/mol. The summed E-state index contributed by atoms with van der Waals surface area (Å²) in [5, 5.41) is 0.488. The van der Waals surface area contributed by atoms with Crippen molar-refractivity contribution in [1.82, 2.24) is 0 Å². The molecule has 2 aromatic carbocycles. The standard InChI is InChI=1S/C32H36O6/c1-5-6-7-11-21-36-29-26-18-13-19-27(35-22-20-24(4)15-12-14-23(2)3)28(26)37-32(34)30(29)38-31(33)25-16-9-8-10-17-25/h6-10,13-14,16-20H,5,11-12,15,21-22H2,1-4H3/b7-6+,24-20+. The maximum absolute atomic E-state index is 13.1. The van der Waals surface area contributed by atoms with Gasteiger partial charge in [0.1, 0.15) is 6.61 Å². The van der Waals surface area contributed by atoms with E-state index in [0.717, 1.165) is 19.3 Å². The lowest BCUT2D eigenvalue weighted by Gasteiger charge is -2.14. The van der Waals surface area contributed by atoms with E-state index in [-0.39, 0.29) is 17.1 Å². The molecular formula is C32H36O6. The predicted molar refractivity (Wildman–Crippen MR) is 151 cm³/mol. The fraction of sp³-hybridized carbons (Fsp3) is 0.312. The molecule has 0 aliphatic rings. The summed E-state index contributed by atoms with van der Waals surface area (Å²) >= 11 is 0. The molecule has 0 radical (unpaired) electrons. The van der Waals surface area contributed by atoms with E-state index < -0.39 is 11.6 Å². The van der Waals surface area contributed by atoms with Crippen molar-refractivity contribution >= 4 is 16.9 Å². The Morgan fingerprint density at radius 2 is 1.68 bits per heavy atom. The minimum absolute atomic E-state index is 0.157. The van der Waals surface area contributed by atoms with Gasteiger partial charge >= 0.3 is 11.6 Å². The van der Waals surface area contributed by atoms with Gasteiger partial charge < -0.3 is 18.6 Å². The fourth-order valence-electron chi connectivity index (χ4n) is 3.70. The third-order valence-corrected chi connectivity index (χ3v) is 5.71. The zero-order valence-electron chi connectivity index (χ0n) is 22.6. The van der Waals surface area contributed by atoms with Gasteiger partial charge in [0.05, 0.1) is 17.6 Å². The highest BCUT2D eigenvalue weighted by molar-refractivity contribution is 5.94. The SMILES string of the molecule is CC/C=C/CCOc1c(OC(=O)c2ccccc2)c(=O)oc2c(OC/C=C(\C)CCC=C(C)C)cccc12. The van der Waals surface area contributed by atoms with Crippen molar-refractivity contribution in [3.05, 3.63) is 100.0 Å². The van der Waals surface area contributed by atoms with Crippen molar-refractivity contribution in [2.45, 2.75) is 53.4 Å². The Balaban J connectivity index is 1.91. The Kier molecular flexibility index (Phi) is 11.0. The molecule has 1 aromatic heterocycles. The van der Waals surface area contributed by atoms with Gasteiger partial charge in [-0.3, -0.25) is 0 Å². The second kappa shape index (κ2) is 14.6. The van der Waals surface area contributed by atoms with E-state index in [4.69, 9.17) is 18.6 Å². The van der Waals surface area contributed by atoms with Crippen molar-refractivity contribution in [3.63, 3.8) is 0 Å². The number of para-hydroxylation sites is 1. The topological polar surface area (TPSA) is 75.0 Å². The van der Waals surface area contributed by atoms with E-state index in [1.54, 1.807) is 48.5 Å². The Morgan fingerprint density at radius 3 is 2.42 bits per heavy atom. The molecule has 3 rings (SSSR count). The molecule has 1 heterocycles. The van der Waals surface area contributed by atoms with Gasteiger partial charge in [-0.2, -0.15) is 0 Å². The van der Waals surface area contributed by atoms with Gasteiger partial charge in [0, 0.05) is 0 Å². The molecular weight excluding hydrogens is 480 g/mol. The van der Waals surface area contributed by atoms with E-state index in [1.165, 1.54) is 11.1 Å². The number of allylic oxidation sites excluding steroid dienone is 4. The lowest BCUT2D eigenvalue weighted by atomic mass is 10.1. The van der Waals surface area contributed by atoms with Crippen molar-refractivity contribution in [1.29, 1.82) is 0 Å². The number of fused-ring (bicyclic) bond motifs is 1. The summed E-state index contributed by atoms with van der Waals surface area (Å²) in [5.74, 6) is -0.388. The summed E-state index contributed by atoms with van der Waals surface area (Å²) in [6.45, 7) is 8.91. The van der Waals surface area contributed by atoms with Crippen molar-refractivity contribution in [2.24, 2.45) is 0 Å². The highest BCUT2D eigenvalue weighted by atomic mass is 16.6. The molecule has 0 aliphatic heterocycles. The molecule has 0 saturated heterocycles. The Hall–Kier alpha value is -4.06. The molecule has 0 saturated carbocycles. The maximum atomic E-state index is 13.1. The van der Waals surface area contributed by atoms with Crippen LogP contribution in [0.4, 0.5) is 0 Å². The Morgan fingerprint density at radius 1 is 0.895 bits per heavy atom. The predicted octanol–water partition coefficient (Wildman–Crippen LogP) is 7.82. The number of rotatable bonds is 13. The van der Waals surface area contributed by atoms with Crippen LogP contribution in [-0.4, -0.2) is 19.2 Å². The molecule has 38 heavy (non-hydrogen) atoms. The normalized spacial score (nSPS) is 11.5. The van der Waals surface area contributed by atoms with Crippen LogP contribution in [0.15, 0.2) is 93.2 Å². The number of carbonyl (C=O) groups excluding carboxylic acids is 1. The summed E-state index contributed by atoms with van der Waals surface area (Å²) in [6, 6.07) is 13.7. The number of carbonyl (C=O) groups is 1. The average Bonchev–Trinajstić information content (AvgIpc) is 2.90. The third kappa shape index (κ3) is 8.23. The van der Waals surface area contributed by atoms with Crippen LogP contribution in [0.25, 0.3) is 11.0 Å². The first-order chi connectivity index (χ1) is 18.4. The highest BCUT2D eigenvalue weighted by Gasteiger charge is 2.23. The molecule has 0 bridgehead atoms. The first kappa shape index (κ1) is 28.5. The smallest absolute Gasteiger partial charge is 0.383 e. The largest absolute Gasteiger partial charge is 0.488 e. The van der Waals surface area contributed by atoms with Crippen LogP contribution >= 0.6 is 0 Å². The second-order valence-corrected chi connectivity index (χ2v) is 9.13. The van der Waals surface area contributed by atoms with E-state index in [9.17, 15) is 9.59 Å². The zero-order valence-corrected chi connectivity index (χ0v) is 22.6. The molecule has 6 nitrogen and oxygen atoms in total. The van der Waals surface area contributed by atoms with Gasteiger partial charge in [0.25, 0.3) is 5.75 Å². The highest BCUT2D eigenvalue weighted by Crippen LogP contribution is 2.37. The van der Waals surface area contributed by atoms with Crippen molar-refractivity contribution in [2.75, 3.05) is 13.2 Å². The summed E-state index contributed by atoms with van der Waals surface area (Å²) in [5.41, 5.74) is 2.25. The molecule has 0 unspecified atom stereocenters. The van der Waals surface area contributed by atoms with Gasteiger partial charge in [-0.25, -0.2) is 9.59 Å². The minimum Gasteiger partial charge on any atom is -0.488 e. The molecule has 0 spiro atoms. The summed E-state index contributed by atoms with van der Waals surface area (Å²) in [6.07, 6.45) is 11.7. The zero-order chi connectivity index (χ0) is 27.3. The molecule has 0 N–H and O–H groups in total. The molecule has 0 atom stereocenters. The van der Waals surface area contributed by atoms with Gasteiger partial charge in [-0.05, 0) is 76.8 Å². The number of ether oxygens (including phenoxy) is 3. The lowest BCUT2D eigenvalue weighted by Crippen LogP contribution is -2.16. The van der Waals surface area contributed by atoms with Crippen LogP contribution in [0.3, 0.4) is 0 Å². The third-order valence-electron chi connectivity index (χ3n) is 5.71. The number of hydrogen-bond acceptors (Lipinski definition) is 6. The first-order valence-electron chi connectivity index (χ1n) is 13.0. The molecule has 3 aromatic rings. The Labute approximate surface area is 224 Å². The molecule has 0 amide bonds. The molecule has 200 valence electrons. The quantitative estimate of drug-likeness (QED) is 0.0998. The molecule has 0 fully saturated rings. The number of esters is 1. The van der Waals surface area contributed by atoms with Crippen LogP contribution in [0.1, 0.15) is 63.7 Å². The van der Waals surface area contributed by atoms with Gasteiger partial charge in [-0.15, -0.1) is 0 Å². The van der Waals surface area contributed by atoms with Crippen LogP contribution in [0.5, 0.6) is 17.2 Å². The fourth-order valence-corrected chi connectivity index (χ4v) is 3.70. The van der Waals surface area contributed by atoms with E-state index >= 15 is 0 Å². The van der Waals surface area contributed by atoms with Gasteiger partial charge in [-0.1, -0.05) is 60.6 Å². The molecule has 6 heteroatoms. The average molecular weight is 517 g/mol. The van der Waals surface area contributed by atoms with Crippen LogP contribution in [0.2, 0.25) is 0 Å².